The summed E-state index contributed by atoms with van der Waals surface area (Å²) in [6.07, 6.45) is 0. The molecule has 1 aromatic carbocycles. The molecule has 0 aromatic heterocycles. The van der Waals surface area contributed by atoms with Gasteiger partial charge in [0.25, 0.3) is 0 Å². The first-order valence-electron chi connectivity index (χ1n) is 5.12. The van der Waals surface area contributed by atoms with E-state index in [9.17, 15) is 14.9 Å². The molecule has 0 saturated heterocycles. The van der Waals surface area contributed by atoms with E-state index in [4.69, 9.17) is 5.11 Å². The Bertz CT molecular complexity index is 469. The molecule has 0 unspecified atom stereocenters. The molecule has 0 aliphatic rings. The number of nitrogens with one attached hydrogen (secondary N) is 1. The Labute approximate surface area is 98.4 Å². The number of rotatable bonds is 4. The molecule has 92 valence electrons. The molecule has 0 radical (unpaired) electrons. The highest BCUT2D eigenvalue weighted by atomic mass is 16.6. The van der Waals surface area contributed by atoms with Gasteiger partial charge in [-0.15, -0.1) is 0 Å². The number of carboxylic acid groups (broad SMARTS) is 1. The third-order valence-electron chi connectivity index (χ3n) is 2.50. The Morgan fingerprint density at radius 2 is 2.06 bits per heavy atom. The smallest absolute Gasteiger partial charge is 0.342 e. The number of aromatic carboxylic acids is 1. The molecule has 2 N–H and O–H groups in total. The number of nitro groups is 1. The molecular weight excluding hydrogens is 224 g/mol. The number of hydrogen-bond acceptors (Lipinski definition) is 4. The normalized spacial score (nSPS) is 10.4. The lowest BCUT2D eigenvalue weighted by Crippen LogP contribution is -2.08. The summed E-state index contributed by atoms with van der Waals surface area (Å²) in [6.45, 7) is 3.78. The van der Waals surface area contributed by atoms with Gasteiger partial charge in [-0.1, -0.05) is 19.9 Å². The van der Waals surface area contributed by atoms with Gasteiger partial charge in [0.1, 0.15) is 11.3 Å². The van der Waals surface area contributed by atoms with Gasteiger partial charge >= 0.3 is 11.7 Å². The van der Waals surface area contributed by atoms with Gasteiger partial charge in [-0.2, -0.15) is 0 Å². The number of anilines is 1. The molecule has 0 heterocycles. The first-order valence-corrected chi connectivity index (χ1v) is 5.12. The van der Waals surface area contributed by atoms with Crippen molar-refractivity contribution < 1.29 is 14.8 Å². The van der Waals surface area contributed by atoms with Crippen molar-refractivity contribution in [2.75, 3.05) is 12.4 Å². The minimum Gasteiger partial charge on any atom is -0.477 e. The third kappa shape index (κ3) is 2.35. The average molecular weight is 238 g/mol. The minimum atomic E-state index is -1.30. The molecule has 0 fully saturated rings. The molecule has 0 aliphatic carbocycles. The van der Waals surface area contributed by atoms with Crippen molar-refractivity contribution in [1.29, 1.82) is 0 Å². The highest BCUT2D eigenvalue weighted by Gasteiger charge is 2.27. The van der Waals surface area contributed by atoms with Crippen molar-refractivity contribution in [2.45, 2.75) is 19.8 Å². The quantitative estimate of drug-likeness (QED) is 0.620. The Morgan fingerprint density at radius 3 is 2.41 bits per heavy atom. The summed E-state index contributed by atoms with van der Waals surface area (Å²) in [5, 5.41) is 22.6. The zero-order valence-corrected chi connectivity index (χ0v) is 9.85. The fourth-order valence-electron chi connectivity index (χ4n) is 1.71. The first kappa shape index (κ1) is 13.0. The van der Waals surface area contributed by atoms with Gasteiger partial charge in [-0.3, -0.25) is 10.1 Å². The van der Waals surface area contributed by atoms with Crippen molar-refractivity contribution in [3.8, 4) is 0 Å². The van der Waals surface area contributed by atoms with Crippen LogP contribution in [0, 0.1) is 10.1 Å². The van der Waals surface area contributed by atoms with Crippen LogP contribution in [0.25, 0.3) is 0 Å². The van der Waals surface area contributed by atoms with E-state index in [0.29, 0.717) is 0 Å². The number of hydrogen-bond donors (Lipinski definition) is 2. The number of carbonyl (C=O) groups is 1. The summed E-state index contributed by atoms with van der Waals surface area (Å²) in [6, 6.07) is 2.88. The highest BCUT2D eigenvalue weighted by molar-refractivity contribution is 5.96. The SMILES string of the molecule is CNc1c(C(C)C)ccc(C(=O)O)c1[N+](=O)[O-]. The van der Waals surface area contributed by atoms with Crippen LogP contribution in [0.15, 0.2) is 12.1 Å². The van der Waals surface area contributed by atoms with Crippen LogP contribution in [0.4, 0.5) is 11.4 Å². The zero-order valence-electron chi connectivity index (χ0n) is 9.85. The van der Waals surface area contributed by atoms with Crippen LogP contribution >= 0.6 is 0 Å². The molecule has 0 spiro atoms. The summed E-state index contributed by atoms with van der Waals surface area (Å²) < 4.78 is 0. The van der Waals surface area contributed by atoms with Crippen LogP contribution in [-0.2, 0) is 0 Å². The molecule has 17 heavy (non-hydrogen) atoms. The maximum Gasteiger partial charge on any atom is 0.342 e. The van der Waals surface area contributed by atoms with Crippen molar-refractivity contribution in [2.24, 2.45) is 0 Å². The average Bonchev–Trinajstić information content (AvgIpc) is 2.26. The van der Waals surface area contributed by atoms with Gasteiger partial charge in [0, 0.05) is 7.05 Å². The monoisotopic (exact) mass is 238 g/mol. The predicted molar refractivity (Wildman–Crippen MR) is 63.7 cm³/mol. The van der Waals surface area contributed by atoms with Crippen molar-refractivity contribution >= 4 is 17.3 Å². The molecule has 0 amide bonds. The predicted octanol–water partition coefficient (Wildman–Crippen LogP) is 2.46. The Morgan fingerprint density at radius 1 is 1.47 bits per heavy atom. The Kier molecular flexibility index (Phi) is 3.67. The third-order valence-corrected chi connectivity index (χ3v) is 2.50. The standard InChI is InChI=1S/C11H14N2O4/c1-6(2)7-4-5-8(11(14)15)10(13(16)17)9(7)12-3/h4-6,12H,1-3H3,(H,14,15). The lowest BCUT2D eigenvalue weighted by molar-refractivity contribution is -0.384. The summed E-state index contributed by atoms with van der Waals surface area (Å²) >= 11 is 0. The maximum absolute atomic E-state index is 11.0. The largest absolute Gasteiger partial charge is 0.477 e. The molecule has 0 saturated carbocycles. The van der Waals surface area contributed by atoms with Crippen LogP contribution in [-0.4, -0.2) is 23.0 Å². The second-order valence-corrected chi connectivity index (χ2v) is 3.89. The van der Waals surface area contributed by atoms with Crippen LogP contribution in [0.3, 0.4) is 0 Å². The molecule has 6 nitrogen and oxygen atoms in total. The van der Waals surface area contributed by atoms with Gasteiger partial charge in [0.2, 0.25) is 0 Å². The fraction of sp³-hybridized carbons (Fsp3) is 0.364. The summed E-state index contributed by atoms with van der Waals surface area (Å²) in [5.41, 5.74) is 0.309. The molecule has 6 heteroatoms. The van der Waals surface area contributed by atoms with Crippen molar-refractivity contribution in [3.05, 3.63) is 33.4 Å². The fourth-order valence-corrected chi connectivity index (χ4v) is 1.71. The lowest BCUT2D eigenvalue weighted by Gasteiger charge is -2.13. The number of benzene rings is 1. The molecule has 0 aliphatic heterocycles. The lowest BCUT2D eigenvalue weighted by atomic mass is 9.97. The second-order valence-electron chi connectivity index (χ2n) is 3.89. The van der Waals surface area contributed by atoms with Crippen molar-refractivity contribution in [1.82, 2.24) is 0 Å². The molecule has 1 aromatic rings. The zero-order chi connectivity index (χ0) is 13.2. The van der Waals surface area contributed by atoms with E-state index in [1.54, 1.807) is 13.1 Å². The van der Waals surface area contributed by atoms with Gasteiger partial charge in [-0.05, 0) is 17.5 Å². The Balaban J connectivity index is 3.61. The van der Waals surface area contributed by atoms with E-state index in [0.717, 1.165) is 5.56 Å². The van der Waals surface area contributed by atoms with Crippen LogP contribution in [0.2, 0.25) is 0 Å². The molecule has 1 rings (SSSR count). The van der Waals surface area contributed by atoms with Crippen LogP contribution < -0.4 is 5.32 Å². The number of nitro benzene ring substituents is 1. The summed E-state index contributed by atoms with van der Waals surface area (Å²) in [5.74, 6) is -1.23. The van der Waals surface area contributed by atoms with E-state index < -0.39 is 10.9 Å². The van der Waals surface area contributed by atoms with Gasteiger partial charge in [0.05, 0.1) is 4.92 Å². The molecule has 0 bridgehead atoms. The topological polar surface area (TPSA) is 92.5 Å². The van der Waals surface area contributed by atoms with E-state index >= 15 is 0 Å². The van der Waals surface area contributed by atoms with Crippen LogP contribution in [0.5, 0.6) is 0 Å². The first-order chi connectivity index (χ1) is 7.90. The number of nitrogens with zero attached hydrogens (tertiary/aromatic N) is 1. The summed E-state index contributed by atoms with van der Waals surface area (Å²) in [7, 11) is 1.54. The molecular formula is C11H14N2O4. The van der Waals surface area contributed by atoms with E-state index in [2.05, 4.69) is 5.32 Å². The van der Waals surface area contributed by atoms with E-state index in [-0.39, 0.29) is 22.9 Å². The van der Waals surface area contributed by atoms with Crippen molar-refractivity contribution in [3.63, 3.8) is 0 Å². The van der Waals surface area contributed by atoms with E-state index in [1.165, 1.54) is 6.07 Å². The number of carboxylic acids is 1. The van der Waals surface area contributed by atoms with Crippen LogP contribution in [0.1, 0.15) is 35.7 Å². The van der Waals surface area contributed by atoms with E-state index in [1.807, 2.05) is 13.8 Å². The van der Waals surface area contributed by atoms with Gasteiger partial charge < -0.3 is 10.4 Å². The Hall–Kier alpha value is -2.11. The summed E-state index contributed by atoms with van der Waals surface area (Å²) in [4.78, 5) is 21.3. The van der Waals surface area contributed by atoms with Gasteiger partial charge in [-0.25, -0.2) is 4.79 Å². The highest BCUT2D eigenvalue weighted by Crippen LogP contribution is 2.35. The van der Waals surface area contributed by atoms with Gasteiger partial charge in [0.15, 0.2) is 0 Å². The molecule has 0 atom stereocenters. The minimum absolute atomic E-state index is 0.0685. The second kappa shape index (κ2) is 4.82. The maximum atomic E-state index is 11.0.